The first-order chi connectivity index (χ1) is 5.77. The van der Waals surface area contributed by atoms with Crippen molar-refractivity contribution in [3.63, 3.8) is 0 Å². The molecule has 1 aromatic rings. The number of terminal acetylenes is 1. The van der Waals surface area contributed by atoms with Crippen LogP contribution >= 0.6 is 0 Å². The topological polar surface area (TPSA) is 38.0 Å². The van der Waals surface area contributed by atoms with E-state index >= 15 is 0 Å². The third-order valence-corrected chi connectivity index (χ3v) is 1.74. The van der Waals surface area contributed by atoms with Crippen molar-refractivity contribution < 1.29 is 0 Å². The Morgan fingerprint density at radius 1 is 1.42 bits per heavy atom. The van der Waals surface area contributed by atoms with Gasteiger partial charge in [-0.05, 0) is 12.5 Å². The predicted octanol–water partition coefficient (Wildman–Crippen LogP) is 1.13. The van der Waals surface area contributed by atoms with Crippen molar-refractivity contribution in [3.8, 4) is 12.3 Å². The van der Waals surface area contributed by atoms with Gasteiger partial charge < -0.3 is 0 Å². The van der Waals surface area contributed by atoms with Gasteiger partial charge >= 0.3 is 0 Å². The van der Waals surface area contributed by atoms with Crippen molar-refractivity contribution in [2.75, 3.05) is 0 Å². The van der Waals surface area contributed by atoms with Gasteiger partial charge in [0, 0.05) is 0 Å². The maximum Gasteiger partial charge on any atom is 0.106 e. The zero-order valence-electron chi connectivity index (χ0n) is 7.04. The number of nitrogens with one attached hydrogen (secondary N) is 1. The fraction of sp³-hybridized carbons (Fsp3) is 0.200. The summed E-state index contributed by atoms with van der Waals surface area (Å²) < 4.78 is 0. The molecule has 1 atom stereocenters. The van der Waals surface area contributed by atoms with E-state index in [0.717, 1.165) is 5.56 Å². The molecule has 1 aromatic carbocycles. The quantitative estimate of drug-likeness (QED) is 0.386. The normalized spacial score (nSPS) is 12.1. The Balaban J connectivity index is 2.89. The Bertz CT molecular complexity index is 282. The minimum atomic E-state index is -0.189. The zero-order chi connectivity index (χ0) is 8.97. The molecule has 0 amide bonds. The summed E-state index contributed by atoms with van der Waals surface area (Å²) in [6, 6.07) is 7.78. The molecule has 3 N–H and O–H groups in total. The van der Waals surface area contributed by atoms with Gasteiger partial charge in [-0.15, -0.1) is 6.42 Å². The van der Waals surface area contributed by atoms with Crippen LogP contribution in [0.15, 0.2) is 24.3 Å². The van der Waals surface area contributed by atoms with Crippen LogP contribution in [-0.2, 0) is 0 Å². The van der Waals surface area contributed by atoms with E-state index in [1.807, 2.05) is 31.2 Å². The lowest BCUT2D eigenvalue weighted by atomic mass is 10.1. The van der Waals surface area contributed by atoms with Gasteiger partial charge in [0.1, 0.15) is 6.04 Å². The first kappa shape index (κ1) is 8.79. The van der Waals surface area contributed by atoms with Gasteiger partial charge in [0.05, 0.1) is 0 Å². The summed E-state index contributed by atoms with van der Waals surface area (Å²) >= 11 is 0. The van der Waals surface area contributed by atoms with E-state index in [9.17, 15) is 0 Å². The van der Waals surface area contributed by atoms with E-state index in [-0.39, 0.29) is 6.04 Å². The zero-order valence-corrected chi connectivity index (χ0v) is 7.04. The van der Waals surface area contributed by atoms with Gasteiger partial charge in [-0.1, -0.05) is 35.7 Å². The van der Waals surface area contributed by atoms with E-state index in [1.165, 1.54) is 5.56 Å². The summed E-state index contributed by atoms with van der Waals surface area (Å²) in [5.41, 5.74) is 4.78. The van der Waals surface area contributed by atoms with Crippen LogP contribution in [0.2, 0.25) is 0 Å². The highest BCUT2D eigenvalue weighted by Crippen LogP contribution is 2.11. The molecular weight excluding hydrogens is 148 g/mol. The van der Waals surface area contributed by atoms with E-state index < -0.39 is 0 Å². The van der Waals surface area contributed by atoms with E-state index in [2.05, 4.69) is 11.3 Å². The van der Waals surface area contributed by atoms with Crippen LogP contribution < -0.4 is 11.3 Å². The lowest BCUT2D eigenvalue weighted by Gasteiger charge is -2.08. The minimum absolute atomic E-state index is 0.189. The van der Waals surface area contributed by atoms with Crippen LogP contribution in [0.1, 0.15) is 17.2 Å². The first-order valence-electron chi connectivity index (χ1n) is 3.76. The highest BCUT2D eigenvalue weighted by molar-refractivity contribution is 5.28. The van der Waals surface area contributed by atoms with E-state index in [4.69, 9.17) is 12.3 Å². The number of hydrogen-bond donors (Lipinski definition) is 2. The van der Waals surface area contributed by atoms with Crippen LogP contribution in [0.25, 0.3) is 0 Å². The van der Waals surface area contributed by atoms with Crippen LogP contribution in [0.4, 0.5) is 0 Å². The number of aryl methyl sites for hydroxylation is 1. The monoisotopic (exact) mass is 160 g/mol. The van der Waals surface area contributed by atoms with Crippen LogP contribution in [0.3, 0.4) is 0 Å². The summed E-state index contributed by atoms with van der Waals surface area (Å²) in [7, 11) is 0. The molecule has 1 rings (SSSR count). The van der Waals surface area contributed by atoms with Crippen molar-refractivity contribution in [2.45, 2.75) is 13.0 Å². The molecule has 0 fully saturated rings. The largest absolute Gasteiger partial charge is 0.270 e. The fourth-order valence-electron chi connectivity index (χ4n) is 0.999. The van der Waals surface area contributed by atoms with E-state index in [1.54, 1.807) is 0 Å². The molecule has 12 heavy (non-hydrogen) atoms. The molecular formula is C10H12N2. The molecule has 0 radical (unpaired) electrons. The van der Waals surface area contributed by atoms with Gasteiger partial charge in [0.15, 0.2) is 0 Å². The van der Waals surface area contributed by atoms with Gasteiger partial charge in [0.25, 0.3) is 0 Å². The standard InChI is InChI=1S/C10H12N2/c1-3-10(12-11)9-6-4-8(2)5-7-9/h1,4-7,10,12H,11H2,2H3. The second kappa shape index (κ2) is 3.91. The SMILES string of the molecule is C#CC(NN)c1ccc(C)cc1. The third kappa shape index (κ3) is 1.85. The minimum Gasteiger partial charge on any atom is -0.270 e. The maximum atomic E-state index is 5.26. The van der Waals surface area contributed by atoms with Crippen molar-refractivity contribution in [3.05, 3.63) is 35.4 Å². The second-order valence-corrected chi connectivity index (χ2v) is 2.68. The molecule has 0 aliphatic carbocycles. The highest BCUT2D eigenvalue weighted by Gasteiger charge is 2.03. The highest BCUT2D eigenvalue weighted by atomic mass is 15.2. The molecule has 2 heteroatoms. The molecule has 0 aromatic heterocycles. The first-order valence-corrected chi connectivity index (χ1v) is 3.76. The van der Waals surface area contributed by atoms with Crippen molar-refractivity contribution in [1.82, 2.24) is 5.43 Å². The smallest absolute Gasteiger partial charge is 0.106 e. The third-order valence-electron chi connectivity index (χ3n) is 1.74. The van der Waals surface area contributed by atoms with Gasteiger partial charge in [-0.2, -0.15) is 0 Å². The lowest BCUT2D eigenvalue weighted by Crippen LogP contribution is -2.26. The molecule has 1 unspecified atom stereocenters. The molecule has 0 aliphatic heterocycles. The summed E-state index contributed by atoms with van der Waals surface area (Å²) in [4.78, 5) is 0. The van der Waals surface area contributed by atoms with Crippen molar-refractivity contribution >= 4 is 0 Å². The Morgan fingerprint density at radius 3 is 2.42 bits per heavy atom. The average Bonchev–Trinajstić information content (AvgIpc) is 2.10. The summed E-state index contributed by atoms with van der Waals surface area (Å²) in [5, 5.41) is 0. The fourth-order valence-corrected chi connectivity index (χ4v) is 0.999. The number of benzene rings is 1. The average molecular weight is 160 g/mol. The summed E-state index contributed by atoms with van der Waals surface area (Å²) in [6.07, 6.45) is 5.26. The molecule has 0 aliphatic rings. The molecule has 0 spiro atoms. The van der Waals surface area contributed by atoms with Crippen LogP contribution in [0, 0.1) is 19.3 Å². The number of rotatable bonds is 2. The van der Waals surface area contributed by atoms with Crippen LogP contribution in [0.5, 0.6) is 0 Å². The van der Waals surface area contributed by atoms with Crippen LogP contribution in [-0.4, -0.2) is 0 Å². The van der Waals surface area contributed by atoms with Crippen molar-refractivity contribution in [2.24, 2.45) is 5.84 Å². The predicted molar refractivity (Wildman–Crippen MR) is 50.1 cm³/mol. The van der Waals surface area contributed by atoms with Gasteiger partial charge in [-0.3, -0.25) is 5.84 Å². The van der Waals surface area contributed by atoms with E-state index in [0.29, 0.717) is 0 Å². The van der Waals surface area contributed by atoms with Gasteiger partial charge in [0.2, 0.25) is 0 Å². The Hall–Kier alpha value is -1.30. The molecule has 62 valence electrons. The summed E-state index contributed by atoms with van der Waals surface area (Å²) in [5.74, 6) is 7.81. The number of nitrogens with two attached hydrogens (primary N) is 1. The molecule has 0 bridgehead atoms. The van der Waals surface area contributed by atoms with Gasteiger partial charge in [-0.25, -0.2) is 5.43 Å². The second-order valence-electron chi connectivity index (χ2n) is 2.68. The number of hydrazine groups is 1. The Labute approximate surface area is 72.8 Å². The Kier molecular flexibility index (Phi) is 2.87. The maximum absolute atomic E-state index is 5.26. The lowest BCUT2D eigenvalue weighted by molar-refractivity contribution is 0.673. The Morgan fingerprint density at radius 2 is 2.00 bits per heavy atom. The molecule has 2 nitrogen and oxygen atoms in total. The molecule has 0 heterocycles. The number of hydrogen-bond acceptors (Lipinski definition) is 2. The summed E-state index contributed by atoms with van der Waals surface area (Å²) in [6.45, 7) is 2.03. The molecule has 0 saturated carbocycles. The molecule has 0 saturated heterocycles. The van der Waals surface area contributed by atoms with Crippen molar-refractivity contribution in [1.29, 1.82) is 0 Å².